The van der Waals surface area contributed by atoms with E-state index < -0.39 is 0 Å². The van der Waals surface area contributed by atoms with Gasteiger partial charge in [0.15, 0.2) is 5.75 Å². The molecule has 1 fully saturated rings. The molecule has 2 atom stereocenters. The Morgan fingerprint density at radius 1 is 1.22 bits per heavy atom. The standard InChI is InChI=1S/C19H23FN4O3/c1-11-12(2)22-17(9-21-11)27-14-4-5-24(10-14)13(3)18-15(20)8-16-19(23-18)26-7-6-25-16/h8-9,13-14H,4-7,10H2,1-3H3. The third-order valence-electron chi connectivity index (χ3n) is 5.09. The number of hydrogen-bond acceptors (Lipinski definition) is 7. The monoisotopic (exact) mass is 374 g/mol. The van der Waals surface area contributed by atoms with Gasteiger partial charge in [-0.3, -0.25) is 9.88 Å². The van der Waals surface area contributed by atoms with E-state index >= 15 is 0 Å². The van der Waals surface area contributed by atoms with Gasteiger partial charge < -0.3 is 14.2 Å². The summed E-state index contributed by atoms with van der Waals surface area (Å²) in [4.78, 5) is 15.2. The Bertz CT molecular complexity index is 848. The summed E-state index contributed by atoms with van der Waals surface area (Å²) in [6.07, 6.45) is 2.48. The van der Waals surface area contributed by atoms with Crippen LogP contribution in [0.2, 0.25) is 0 Å². The number of aromatic nitrogens is 3. The number of hydrogen-bond donors (Lipinski definition) is 0. The first-order valence-corrected chi connectivity index (χ1v) is 9.18. The minimum Gasteiger partial charge on any atom is -0.484 e. The molecule has 0 N–H and O–H groups in total. The van der Waals surface area contributed by atoms with E-state index in [0.29, 0.717) is 43.0 Å². The second-order valence-electron chi connectivity index (χ2n) is 6.93. The Labute approximate surface area is 157 Å². The predicted molar refractivity (Wildman–Crippen MR) is 95.7 cm³/mol. The molecule has 4 rings (SSSR count). The molecule has 4 heterocycles. The van der Waals surface area contributed by atoms with Gasteiger partial charge in [-0.05, 0) is 27.2 Å². The highest BCUT2D eigenvalue weighted by atomic mass is 19.1. The van der Waals surface area contributed by atoms with Crippen LogP contribution < -0.4 is 14.2 Å². The van der Waals surface area contributed by atoms with Crippen LogP contribution in [0.5, 0.6) is 17.5 Å². The molecule has 0 amide bonds. The predicted octanol–water partition coefficient (Wildman–Crippen LogP) is 2.61. The van der Waals surface area contributed by atoms with E-state index in [1.54, 1.807) is 6.20 Å². The van der Waals surface area contributed by atoms with E-state index in [0.717, 1.165) is 24.4 Å². The van der Waals surface area contributed by atoms with Crippen molar-refractivity contribution in [3.8, 4) is 17.5 Å². The molecule has 2 unspecified atom stereocenters. The van der Waals surface area contributed by atoms with Gasteiger partial charge in [-0.25, -0.2) is 14.4 Å². The van der Waals surface area contributed by atoms with Crippen LogP contribution in [0.15, 0.2) is 12.3 Å². The third kappa shape index (κ3) is 3.66. The third-order valence-corrected chi connectivity index (χ3v) is 5.09. The van der Waals surface area contributed by atoms with Crippen LogP contribution in [-0.4, -0.2) is 52.3 Å². The van der Waals surface area contributed by atoms with Gasteiger partial charge in [0.2, 0.25) is 5.88 Å². The summed E-state index contributed by atoms with van der Waals surface area (Å²) >= 11 is 0. The number of likely N-dealkylation sites (tertiary alicyclic amines) is 1. The summed E-state index contributed by atoms with van der Waals surface area (Å²) in [7, 11) is 0. The van der Waals surface area contributed by atoms with Crippen molar-refractivity contribution in [2.75, 3.05) is 26.3 Å². The van der Waals surface area contributed by atoms with Crippen molar-refractivity contribution in [3.63, 3.8) is 0 Å². The number of pyridine rings is 1. The summed E-state index contributed by atoms with van der Waals surface area (Å²) in [6, 6.07) is 1.17. The molecular weight excluding hydrogens is 351 g/mol. The van der Waals surface area contributed by atoms with Gasteiger partial charge >= 0.3 is 0 Å². The van der Waals surface area contributed by atoms with Crippen LogP contribution >= 0.6 is 0 Å². The molecule has 1 saturated heterocycles. The fourth-order valence-electron chi connectivity index (χ4n) is 3.38. The van der Waals surface area contributed by atoms with Gasteiger partial charge in [0, 0.05) is 19.2 Å². The summed E-state index contributed by atoms with van der Waals surface area (Å²) < 4.78 is 31.4. The Hall–Kier alpha value is -2.48. The molecule has 0 radical (unpaired) electrons. The zero-order chi connectivity index (χ0) is 19.0. The van der Waals surface area contributed by atoms with Crippen LogP contribution in [0, 0.1) is 19.7 Å². The second kappa shape index (κ2) is 7.26. The summed E-state index contributed by atoms with van der Waals surface area (Å²) in [6.45, 7) is 8.07. The Kier molecular flexibility index (Phi) is 4.82. The van der Waals surface area contributed by atoms with E-state index in [1.165, 1.54) is 6.07 Å². The van der Waals surface area contributed by atoms with Crippen LogP contribution in [0.1, 0.15) is 36.5 Å². The lowest BCUT2D eigenvalue weighted by atomic mass is 10.1. The number of halogens is 1. The van der Waals surface area contributed by atoms with Gasteiger partial charge in [0.25, 0.3) is 5.88 Å². The van der Waals surface area contributed by atoms with Gasteiger partial charge in [-0.15, -0.1) is 0 Å². The largest absolute Gasteiger partial charge is 0.484 e. The van der Waals surface area contributed by atoms with E-state index in [4.69, 9.17) is 14.2 Å². The van der Waals surface area contributed by atoms with E-state index in [2.05, 4.69) is 19.9 Å². The van der Waals surface area contributed by atoms with E-state index in [1.807, 2.05) is 20.8 Å². The van der Waals surface area contributed by atoms with E-state index in [9.17, 15) is 4.39 Å². The molecule has 7 nitrogen and oxygen atoms in total. The summed E-state index contributed by atoms with van der Waals surface area (Å²) in [5.41, 5.74) is 2.12. The number of fused-ring (bicyclic) bond motifs is 1. The van der Waals surface area contributed by atoms with Crippen molar-refractivity contribution in [1.82, 2.24) is 19.9 Å². The SMILES string of the molecule is Cc1ncc(OC2CCN(C(C)c3nc4c(cc3F)OCCO4)C2)nc1C. The Morgan fingerprint density at radius 2 is 2.04 bits per heavy atom. The maximum Gasteiger partial charge on any atom is 0.257 e. The normalized spacial score (nSPS) is 20.5. The first-order chi connectivity index (χ1) is 13.0. The van der Waals surface area contributed by atoms with Gasteiger partial charge in [0.05, 0.1) is 29.3 Å². The van der Waals surface area contributed by atoms with Crippen molar-refractivity contribution < 1.29 is 18.6 Å². The van der Waals surface area contributed by atoms with Crippen LogP contribution in [0.3, 0.4) is 0 Å². The highest BCUT2D eigenvalue weighted by Gasteiger charge is 2.31. The fraction of sp³-hybridized carbons (Fsp3) is 0.526. The maximum absolute atomic E-state index is 14.5. The van der Waals surface area contributed by atoms with Gasteiger partial charge in [0.1, 0.15) is 25.1 Å². The average Bonchev–Trinajstić information content (AvgIpc) is 3.12. The topological polar surface area (TPSA) is 69.6 Å². The van der Waals surface area contributed by atoms with Crippen LogP contribution in [0.25, 0.3) is 0 Å². The fourth-order valence-corrected chi connectivity index (χ4v) is 3.38. The lowest BCUT2D eigenvalue weighted by molar-refractivity contribution is 0.157. The second-order valence-corrected chi connectivity index (χ2v) is 6.93. The number of nitrogens with zero attached hydrogens (tertiary/aromatic N) is 4. The molecule has 8 heteroatoms. The Balaban J connectivity index is 1.44. The highest BCUT2D eigenvalue weighted by Crippen LogP contribution is 2.34. The zero-order valence-corrected chi connectivity index (χ0v) is 15.7. The minimum atomic E-state index is -0.379. The average molecular weight is 374 g/mol. The maximum atomic E-state index is 14.5. The molecule has 2 aliphatic heterocycles. The number of aryl methyl sites for hydroxylation is 2. The molecule has 0 saturated carbocycles. The van der Waals surface area contributed by atoms with Crippen molar-refractivity contribution in [1.29, 1.82) is 0 Å². The summed E-state index contributed by atoms with van der Waals surface area (Å²) in [5.74, 6) is 0.880. The molecule has 2 aromatic heterocycles. The van der Waals surface area contributed by atoms with Crippen molar-refractivity contribution in [2.45, 2.75) is 39.3 Å². The van der Waals surface area contributed by atoms with Gasteiger partial charge in [-0.2, -0.15) is 0 Å². The molecule has 0 aliphatic carbocycles. The zero-order valence-electron chi connectivity index (χ0n) is 15.7. The first kappa shape index (κ1) is 17.9. The number of ether oxygens (including phenoxy) is 3. The lowest BCUT2D eigenvalue weighted by Crippen LogP contribution is -2.29. The van der Waals surface area contributed by atoms with Gasteiger partial charge in [-0.1, -0.05) is 0 Å². The van der Waals surface area contributed by atoms with Crippen LogP contribution in [-0.2, 0) is 0 Å². The quantitative estimate of drug-likeness (QED) is 0.815. The van der Waals surface area contributed by atoms with E-state index in [-0.39, 0.29) is 18.0 Å². The molecular formula is C19H23FN4O3. The number of rotatable bonds is 4. The van der Waals surface area contributed by atoms with Crippen molar-refractivity contribution in [2.24, 2.45) is 0 Å². The summed E-state index contributed by atoms with van der Waals surface area (Å²) in [5, 5.41) is 0. The minimum absolute atomic E-state index is 0.0101. The smallest absolute Gasteiger partial charge is 0.257 e. The molecule has 0 spiro atoms. The highest BCUT2D eigenvalue weighted by molar-refractivity contribution is 5.37. The first-order valence-electron chi connectivity index (χ1n) is 9.18. The molecule has 0 bridgehead atoms. The van der Waals surface area contributed by atoms with Crippen LogP contribution in [0.4, 0.5) is 4.39 Å². The lowest BCUT2D eigenvalue weighted by Gasteiger charge is -2.26. The van der Waals surface area contributed by atoms with Crippen molar-refractivity contribution >= 4 is 0 Å². The molecule has 0 aromatic carbocycles. The molecule has 144 valence electrons. The molecule has 2 aliphatic rings. The Morgan fingerprint density at radius 3 is 2.85 bits per heavy atom. The van der Waals surface area contributed by atoms with Crippen molar-refractivity contribution in [3.05, 3.63) is 35.2 Å². The molecule has 2 aromatic rings. The molecule has 27 heavy (non-hydrogen) atoms.